The molecule has 10 heteroatoms. The van der Waals surface area contributed by atoms with E-state index in [0.717, 1.165) is 5.70 Å². The second-order valence-corrected chi connectivity index (χ2v) is 6.54. The van der Waals surface area contributed by atoms with Gasteiger partial charge in [0.2, 0.25) is 0 Å². The molecule has 29 heavy (non-hydrogen) atoms. The predicted molar refractivity (Wildman–Crippen MR) is 107 cm³/mol. The van der Waals surface area contributed by atoms with Crippen molar-refractivity contribution in [3.05, 3.63) is 57.3 Å². The molecule has 1 aliphatic rings. The van der Waals surface area contributed by atoms with Gasteiger partial charge in [-0.1, -0.05) is 23.8 Å². The first-order chi connectivity index (χ1) is 13.9. The lowest BCUT2D eigenvalue weighted by molar-refractivity contribution is -0.384. The van der Waals surface area contributed by atoms with E-state index in [1.807, 2.05) is 23.1 Å². The lowest BCUT2D eigenvalue weighted by Crippen LogP contribution is -2.29. The summed E-state index contributed by atoms with van der Waals surface area (Å²) >= 11 is 6.02. The molecule has 0 fully saturated rings. The summed E-state index contributed by atoms with van der Waals surface area (Å²) in [5.41, 5.74) is 1.18. The number of benzene rings is 1. The fourth-order valence-electron chi connectivity index (χ4n) is 2.60. The molecule has 0 radical (unpaired) electrons. The second kappa shape index (κ2) is 10.9. The van der Waals surface area contributed by atoms with Gasteiger partial charge in [-0.3, -0.25) is 14.9 Å². The SMILES string of the molecule is CC(=O)OCCN(CCC#N)C1=CCC(N=Nc2ccc([N+](=O)[O-])cc2Cl)C=C1. The Bertz CT molecular complexity index is 891. The topological polar surface area (TPSA) is 121 Å². The molecule has 1 atom stereocenters. The molecule has 0 aliphatic heterocycles. The van der Waals surface area contributed by atoms with Gasteiger partial charge in [0.1, 0.15) is 12.3 Å². The number of nitriles is 1. The molecule has 0 heterocycles. The van der Waals surface area contributed by atoms with Crippen LogP contribution in [0.15, 0.2) is 52.4 Å². The van der Waals surface area contributed by atoms with Gasteiger partial charge in [0.05, 0.1) is 35.0 Å². The third kappa shape index (κ3) is 7.01. The Hall–Kier alpha value is -3.25. The van der Waals surface area contributed by atoms with E-state index >= 15 is 0 Å². The second-order valence-electron chi connectivity index (χ2n) is 6.13. The standard InChI is InChI=1S/C19H20ClN5O4/c1-14(26)29-12-11-24(10-2-9-21)16-5-3-15(4-6-16)22-23-19-8-7-17(25(27)28)13-18(19)20/h3,5-8,13,15H,2,4,10-12H2,1H3. The largest absolute Gasteiger partial charge is 0.464 e. The molecule has 0 N–H and O–H groups in total. The molecule has 0 saturated heterocycles. The number of hydrogen-bond acceptors (Lipinski definition) is 8. The number of allylic oxidation sites excluding steroid dienone is 1. The van der Waals surface area contributed by atoms with Gasteiger partial charge < -0.3 is 9.64 Å². The molecule has 0 spiro atoms. The lowest BCUT2D eigenvalue weighted by Gasteiger charge is -2.26. The number of ether oxygens (including phenoxy) is 1. The van der Waals surface area contributed by atoms with Crippen molar-refractivity contribution in [3.63, 3.8) is 0 Å². The van der Waals surface area contributed by atoms with E-state index in [-0.39, 0.29) is 29.3 Å². The molecule has 0 saturated carbocycles. The van der Waals surface area contributed by atoms with Crippen LogP contribution in [0.25, 0.3) is 0 Å². The first-order valence-corrected chi connectivity index (χ1v) is 9.27. The summed E-state index contributed by atoms with van der Waals surface area (Å²) in [6.07, 6.45) is 6.69. The van der Waals surface area contributed by atoms with Crippen LogP contribution in [0.1, 0.15) is 19.8 Å². The molecule has 0 bridgehead atoms. The summed E-state index contributed by atoms with van der Waals surface area (Å²) in [7, 11) is 0. The lowest BCUT2D eigenvalue weighted by atomic mass is 10.1. The number of halogens is 1. The Balaban J connectivity index is 1.98. The van der Waals surface area contributed by atoms with Crippen molar-refractivity contribution in [3.8, 4) is 6.07 Å². The third-order valence-electron chi connectivity index (χ3n) is 4.04. The highest BCUT2D eigenvalue weighted by atomic mass is 35.5. The minimum absolute atomic E-state index is 0.106. The Morgan fingerprint density at radius 3 is 2.86 bits per heavy atom. The highest BCUT2D eigenvalue weighted by Gasteiger charge is 2.14. The minimum Gasteiger partial charge on any atom is -0.464 e. The molecule has 1 aromatic carbocycles. The number of carbonyl (C=O) groups excluding carboxylic acids is 1. The van der Waals surface area contributed by atoms with Crippen LogP contribution in [0, 0.1) is 21.4 Å². The normalized spacial score (nSPS) is 15.6. The van der Waals surface area contributed by atoms with Crippen LogP contribution in [0.2, 0.25) is 5.02 Å². The van der Waals surface area contributed by atoms with Gasteiger partial charge in [0.15, 0.2) is 0 Å². The predicted octanol–water partition coefficient (Wildman–Crippen LogP) is 4.32. The van der Waals surface area contributed by atoms with Crippen molar-refractivity contribution in [1.82, 2.24) is 4.90 Å². The number of carbonyl (C=O) groups is 1. The van der Waals surface area contributed by atoms with Gasteiger partial charge in [-0.2, -0.15) is 15.5 Å². The van der Waals surface area contributed by atoms with E-state index < -0.39 is 4.92 Å². The summed E-state index contributed by atoms with van der Waals surface area (Å²) in [5.74, 6) is -0.344. The van der Waals surface area contributed by atoms with Gasteiger partial charge >= 0.3 is 5.97 Å². The monoisotopic (exact) mass is 417 g/mol. The van der Waals surface area contributed by atoms with Crippen molar-refractivity contribution < 1.29 is 14.5 Å². The number of nitrogens with zero attached hydrogens (tertiary/aromatic N) is 5. The van der Waals surface area contributed by atoms with E-state index in [4.69, 9.17) is 21.6 Å². The summed E-state index contributed by atoms with van der Waals surface area (Å²) < 4.78 is 4.98. The molecule has 1 aliphatic carbocycles. The highest BCUT2D eigenvalue weighted by molar-refractivity contribution is 6.33. The van der Waals surface area contributed by atoms with Crippen LogP contribution in [-0.2, 0) is 9.53 Å². The van der Waals surface area contributed by atoms with E-state index in [0.29, 0.717) is 31.6 Å². The van der Waals surface area contributed by atoms with Gasteiger partial charge in [-0.15, -0.1) is 0 Å². The third-order valence-corrected chi connectivity index (χ3v) is 4.34. The number of nitro benzene ring substituents is 1. The van der Waals surface area contributed by atoms with Crippen molar-refractivity contribution in [1.29, 1.82) is 5.26 Å². The first kappa shape index (κ1) is 22.0. The minimum atomic E-state index is -0.525. The van der Waals surface area contributed by atoms with Crippen LogP contribution >= 0.6 is 11.6 Å². The van der Waals surface area contributed by atoms with Crippen molar-refractivity contribution in [2.24, 2.45) is 10.2 Å². The Morgan fingerprint density at radius 1 is 1.48 bits per heavy atom. The first-order valence-electron chi connectivity index (χ1n) is 8.89. The zero-order chi connectivity index (χ0) is 21.2. The zero-order valence-electron chi connectivity index (χ0n) is 15.8. The van der Waals surface area contributed by atoms with Gasteiger partial charge in [-0.25, -0.2) is 0 Å². The van der Waals surface area contributed by atoms with Crippen molar-refractivity contribution >= 4 is 28.9 Å². The van der Waals surface area contributed by atoms with Crippen molar-refractivity contribution in [2.45, 2.75) is 25.8 Å². The van der Waals surface area contributed by atoms with Gasteiger partial charge in [0.25, 0.3) is 5.69 Å². The van der Waals surface area contributed by atoms with Crippen LogP contribution in [0.4, 0.5) is 11.4 Å². The highest BCUT2D eigenvalue weighted by Crippen LogP contribution is 2.30. The number of nitro groups is 1. The van der Waals surface area contributed by atoms with Crippen molar-refractivity contribution in [2.75, 3.05) is 19.7 Å². The molecule has 1 aromatic rings. The smallest absolute Gasteiger partial charge is 0.302 e. The summed E-state index contributed by atoms with van der Waals surface area (Å²) in [5, 5.41) is 28.1. The van der Waals surface area contributed by atoms with Gasteiger partial charge in [-0.05, 0) is 18.6 Å². The Kier molecular flexibility index (Phi) is 8.30. The average Bonchev–Trinajstić information content (AvgIpc) is 2.69. The molecule has 0 amide bonds. The molecule has 2 rings (SSSR count). The number of hydrogen-bond donors (Lipinski definition) is 0. The van der Waals surface area contributed by atoms with E-state index in [9.17, 15) is 14.9 Å². The summed E-state index contributed by atoms with van der Waals surface area (Å²) in [6.45, 7) is 2.61. The number of esters is 1. The number of non-ortho nitro benzene ring substituents is 1. The molecule has 0 aromatic heterocycles. The number of azo groups is 1. The van der Waals surface area contributed by atoms with E-state index in [1.54, 1.807) is 0 Å². The molecule has 1 unspecified atom stereocenters. The van der Waals surface area contributed by atoms with E-state index in [2.05, 4.69) is 16.3 Å². The maximum atomic E-state index is 10.9. The number of rotatable bonds is 9. The quantitative estimate of drug-likeness (QED) is 0.255. The van der Waals surface area contributed by atoms with E-state index in [1.165, 1.54) is 25.1 Å². The Labute approximate surface area is 173 Å². The molecule has 152 valence electrons. The maximum absolute atomic E-state index is 10.9. The summed E-state index contributed by atoms with van der Waals surface area (Å²) in [4.78, 5) is 23.1. The molecular formula is C19H20ClN5O4. The fraction of sp³-hybridized carbons (Fsp3) is 0.368. The fourth-order valence-corrected chi connectivity index (χ4v) is 2.81. The van der Waals surface area contributed by atoms with Crippen LogP contribution in [0.5, 0.6) is 0 Å². The van der Waals surface area contributed by atoms with Crippen LogP contribution in [-0.4, -0.2) is 41.5 Å². The molecule has 9 nitrogen and oxygen atoms in total. The van der Waals surface area contributed by atoms with Gasteiger partial charge in [0, 0.05) is 31.3 Å². The summed E-state index contributed by atoms with van der Waals surface area (Å²) in [6, 6.07) is 5.93. The average molecular weight is 418 g/mol. The molecular weight excluding hydrogens is 398 g/mol. The van der Waals surface area contributed by atoms with Crippen LogP contribution in [0.3, 0.4) is 0 Å². The Morgan fingerprint density at radius 2 is 2.28 bits per heavy atom. The maximum Gasteiger partial charge on any atom is 0.302 e. The van der Waals surface area contributed by atoms with Crippen LogP contribution < -0.4 is 0 Å². The zero-order valence-corrected chi connectivity index (χ0v) is 16.6.